The van der Waals surface area contributed by atoms with Gasteiger partial charge >= 0.3 is 6.03 Å². The molecule has 0 saturated heterocycles. The number of carbonyl (C=O) groups excluding carboxylic acids is 1. The molecule has 0 fully saturated rings. The average molecular weight is 176 g/mol. The first-order valence-corrected chi connectivity index (χ1v) is 4.13. The van der Waals surface area contributed by atoms with E-state index in [4.69, 9.17) is 0 Å². The van der Waals surface area contributed by atoms with E-state index in [2.05, 4.69) is 10.3 Å². The standard InChI is InChI=1S/C10H12N2O/c1-2-11-10(13)12-8-9-6-4-3-5-7-9/h2-7H,8H2,1H3,(H,12,13). The van der Waals surface area contributed by atoms with E-state index in [1.165, 1.54) is 6.21 Å². The zero-order valence-electron chi connectivity index (χ0n) is 7.53. The minimum absolute atomic E-state index is 0.300. The van der Waals surface area contributed by atoms with Crippen LogP contribution in [0.5, 0.6) is 0 Å². The Hall–Kier alpha value is -1.64. The summed E-state index contributed by atoms with van der Waals surface area (Å²) in [5.74, 6) is 0. The molecule has 0 heterocycles. The van der Waals surface area contributed by atoms with Crippen LogP contribution in [-0.2, 0) is 6.54 Å². The van der Waals surface area contributed by atoms with Crippen LogP contribution in [0.25, 0.3) is 0 Å². The lowest BCUT2D eigenvalue weighted by atomic mass is 10.2. The highest BCUT2D eigenvalue weighted by Gasteiger charge is 1.94. The van der Waals surface area contributed by atoms with Gasteiger partial charge in [-0.1, -0.05) is 30.3 Å². The molecule has 1 rings (SSSR count). The molecule has 0 bridgehead atoms. The van der Waals surface area contributed by atoms with E-state index in [0.29, 0.717) is 6.54 Å². The summed E-state index contributed by atoms with van der Waals surface area (Å²) < 4.78 is 0. The molecule has 1 N–H and O–H groups in total. The summed E-state index contributed by atoms with van der Waals surface area (Å²) in [6, 6.07) is 9.42. The van der Waals surface area contributed by atoms with Gasteiger partial charge in [0.15, 0.2) is 0 Å². The van der Waals surface area contributed by atoms with Gasteiger partial charge in [0.05, 0.1) is 0 Å². The van der Waals surface area contributed by atoms with Gasteiger partial charge in [-0.05, 0) is 12.5 Å². The second-order valence-electron chi connectivity index (χ2n) is 2.53. The maximum absolute atomic E-state index is 10.9. The third-order valence-corrected chi connectivity index (χ3v) is 1.53. The molecule has 0 aliphatic heterocycles. The Balaban J connectivity index is 2.40. The monoisotopic (exact) mass is 176 g/mol. The third kappa shape index (κ3) is 3.51. The molecule has 1 aromatic carbocycles. The Morgan fingerprint density at radius 1 is 1.46 bits per heavy atom. The van der Waals surface area contributed by atoms with Gasteiger partial charge in [0.25, 0.3) is 0 Å². The van der Waals surface area contributed by atoms with Gasteiger partial charge in [-0.3, -0.25) is 0 Å². The molecular formula is C10H12N2O. The van der Waals surface area contributed by atoms with Gasteiger partial charge < -0.3 is 5.32 Å². The van der Waals surface area contributed by atoms with Crippen LogP contribution in [0.2, 0.25) is 0 Å². The van der Waals surface area contributed by atoms with Crippen molar-refractivity contribution in [3.63, 3.8) is 0 Å². The molecule has 0 atom stereocenters. The Morgan fingerprint density at radius 3 is 2.77 bits per heavy atom. The number of nitrogens with one attached hydrogen (secondary N) is 1. The SMILES string of the molecule is CC=NC(=O)NCc1ccccc1. The van der Waals surface area contributed by atoms with Gasteiger partial charge in [-0.15, -0.1) is 0 Å². The van der Waals surface area contributed by atoms with E-state index in [0.717, 1.165) is 5.56 Å². The number of hydrogen-bond acceptors (Lipinski definition) is 1. The van der Waals surface area contributed by atoms with Crippen molar-refractivity contribution in [2.45, 2.75) is 13.5 Å². The van der Waals surface area contributed by atoms with E-state index in [1.807, 2.05) is 30.3 Å². The van der Waals surface area contributed by atoms with Gasteiger partial charge in [-0.2, -0.15) is 0 Å². The largest absolute Gasteiger partial charge is 0.340 e. The number of nitrogens with zero attached hydrogens (tertiary/aromatic N) is 1. The fraction of sp³-hybridized carbons (Fsp3) is 0.200. The van der Waals surface area contributed by atoms with Crippen LogP contribution >= 0.6 is 0 Å². The molecule has 1 aromatic rings. The molecule has 3 heteroatoms. The zero-order chi connectivity index (χ0) is 9.52. The van der Waals surface area contributed by atoms with Crippen LogP contribution in [0, 0.1) is 0 Å². The minimum atomic E-state index is -0.300. The van der Waals surface area contributed by atoms with Crippen LogP contribution in [0.4, 0.5) is 4.79 Å². The lowest BCUT2D eigenvalue weighted by molar-refractivity contribution is 0.249. The molecule has 0 aliphatic rings. The molecule has 3 nitrogen and oxygen atoms in total. The van der Waals surface area contributed by atoms with Crippen LogP contribution in [0.1, 0.15) is 12.5 Å². The van der Waals surface area contributed by atoms with Crippen molar-refractivity contribution in [1.82, 2.24) is 5.32 Å². The van der Waals surface area contributed by atoms with Crippen LogP contribution in [-0.4, -0.2) is 12.2 Å². The van der Waals surface area contributed by atoms with Crippen LogP contribution in [0.3, 0.4) is 0 Å². The highest BCUT2D eigenvalue weighted by Crippen LogP contribution is 1.96. The summed E-state index contributed by atoms with van der Waals surface area (Å²) in [7, 11) is 0. The second-order valence-corrected chi connectivity index (χ2v) is 2.53. The first-order valence-electron chi connectivity index (χ1n) is 4.13. The minimum Gasteiger partial charge on any atom is -0.332 e. The van der Waals surface area contributed by atoms with Gasteiger partial charge in [-0.25, -0.2) is 9.79 Å². The lowest BCUT2D eigenvalue weighted by Gasteiger charge is -2.00. The van der Waals surface area contributed by atoms with Crippen molar-refractivity contribution in [3.8, 4) is 0 Å². The number of carbonyl (C=O) groups is 1. The van der Waals surface area contributed by atoms with E-state index in [9.17, 15) is 4.79 Å². The normalized spacial score (nSPS) is 10.2. The van der Waals surface area contributed by atoms with E-state index < -0.39 is 0 Å². The number of rotatable bonds is 2. The van der Waals surface area contributed by atoms with Gasteiger partial charge in [0.2, 0.25) is 0 Å². The Labute approximate surface area is 77.5 Å². The number of aliphatic imine (C=N–C) groups is 1. The summed E-state index contributed by atoms with van der Waals surface area (Å²) in [5, 5.41) is 2.66. The van der Waals surface area contributed by atoms with Crippen molar-refractivity contribution >= 4 is 12.2 Å². The van der Waals surface area contributed by atoms with E-state index in [-0.39, 0.29) is 6.03 Å². The predicted octanol–water partition coefficient (Wildman–Crippen LogP) is 1.99. The Kier molecular flexibility index (Phi) is 3.70. The van der Waals surface area contributed by atoms with Crippen molar-refractivity contribution in [3.05, 3.63) is 35.9 Å². The fourth-order valence-corrected chi connectivity index (χ4v) is 0.936. The second kappa shape index (κ2) is 5.09. The zero-order valence-corrected chi connectivity index (χ0v) is 7.53. The first-order chi connectivity index (χ1) is 6.33. The van der Waals surface area contributed by atoms with Crippen LogP contribution in [0.15, 0.2) is 35.3 Å². The van der Waals surface area contributed by atoms with Crippen molar-refractivity contribution < 1.29 is 4.79 Å². The topological polar surface area (TPSA) is 41.5 Å². The molecule has 0 spiro atoms. The molecule has 0 unspecified atom stereocenters. The fourth-order valence-electron chi connectivity index (χ4n) is 0.936. The van der Waals surface area contributed by atoms with Gasteiger partial charge in [0.1, 0.15) is 0 Å². The van der Waals surface area contributed by atoms with Crippen molar-refractivity contribution in [2.24, 2.45) is 4.99 Å². The molecule has 13 heavy (non-hydrogen) atoms. The Bertz CT molecular complexity index is 293. The summed E-state index contributed by atoms with van der Waals surface area (Å²) >= 11 is 0. The van der Waals surface area contributed by atoms with E-state index >= 15 is 0 Å². The summed E-state index contributed by atoms with van der Waals surface area (Å²) in [4.78, 5) is 14.5. The highest BCUT2D eigenvalue weighted by molar-refractivity contribution is 5.82. The number of amides is 2. The third-order valence-electron chi connectivity index (χ3n) is 1.53. The molecule has 0 radical (unpaired) electrons. The number of benzene rings is 1. The van der Waals surface area contributed by atoms with Crippen LogP contribution < -0.4 is 5.32 Å². The maximum Gasteiger partial charge on any atom is 0.340 e. The highest BCUT2D eigenvalue weighted by atomic mass is 16.2. The molecular weight excluding hydrogens is 164 g/mol. The smallest absolute Gasteiger partial charge is 0.332 e. The number of urea groups is 1. The molecule has 2 amide bonds. The van der Waals surface area contributed by atoms with E-state index in [1.54, 1.807) is 6.92 Å². The molecule has 0 aromatic heterocycles. The summed E-state index contributed by atoms with van der Waals surface area (Å²) in [6.07, 6.45) is 1.47. The Morgan fingerprint density at radius 2 is 2.15 bits per heavy atom. The quantitative estimate of drug-likeness (QED) is 0.688. The predicted molar refractivity (Wildman–Crippen MR) is 52.8 cm³/mol. The lowest BCUT2D eigenvalue weighted by Crippen LogP contribution is -2.18. The van der Waals surface area contributed by atoms with Crippen molar-refractivity contribution in [1.29, 1.82) is 0 Å². The number of hydrogen-bond donors (Lipinski definition) is 1. The molecule has 68 valence electrons. The average Bonchev–Trinajstić information content (AvgIpc) is 2.17. The first kappa shape index (κ1) is 9.45. The summed E-state index contributed by atoms with van der Waals surface area (Å²) in [6.45, 7) is 2.24. The molecule has 0 saturated carbocycles. The summed E-state index contributed by atoms with van der Waals surface area (Å²) in [5.41, 5.74) is 1.07. The van der Waals surface area contributed by atoms with Crippen molar-refractivity contribution in [2.75, 3.05) is 0 Å². The molecule has 0 aliphatic carbocycles. The van der Waals surface area contributed by atoms with Gasteiger partial charge in [0, 0.05) is 12.8 Å². The maximum atomic E-state index is 10.9.